The molecule has 2 rings (SSSR count). The average molecular weight is 587 g/mol. The minimum absolute atomic E-state index is 0. The number of aromatic hydroxyl groups is 1. The minimum atomic E-state index is -0.0178. The standard InChI is InChI=1S/C15H24O.C5H5.2HI.Ti/c1-10-8-11(14(2,3)4)13(16)12(9-10)15(5,6)7;1-2-4-5-3-1;;;/h8-9,16H,1-7H3;1-3H,4H2;2*1H;/q;-1;;;/p-2. The van der Waals surface area contributed by atoms with E-state index in [0.717, 1.165) is 17.5 Å². The molecular formula is C20H29I2OTi-3. The summed E-state index contributed by atoms with van der Waals surface area (Å²) in [6, 6.07) is 4.18. The molecule has 1 aliphatic carbocycles. The first kappa shape index (κ1) is 29.4. The Kier molecular flexibility index (Phi) is 14.9. The molecule has 4 heteroatoms. The fraction of sp³-hybridized carbons (Fsp3) is 0.500. The van der Waals surface area contributed by atoms with Crippen molar-refractivity contribution in [2.24, 2.45) is 0 Å². The molecular weight excluding hydrogens is 558 g/mol. The number of rotatable bonds is 0. The summed E-state index contributed by atoms with van der Waals surface area (Å²) in [5, 5.41) is 10.4. The van der Waals surface area contributed by atoms with Crippen molar-refractivity contribution in [3.8, 4) is 5.75 Å². The molecule has 0 unspecified atom stereocenters. The van der Waals surface area contributed by atoms with Gasteiger partial charge in [-0.3, -0.25) is 6.08 Å². The van der Waals surface area contributed by atoms with E-state index in [1.54, 1.807) is 0 Å². The normalized spacial score (nSPS) is 12.3. The van der Waals surface area contributed by atoms with Crippen molar-refractivity contribution in [1.82, 2.24) is 0 Å². The number of hydrogen-bond acceptors (Lipinski definition) is 1. The van der Waals surface area contributed by atoms with Gasteiger partial charge in [-0.15, -0.1) is 6.42 Å². The predicted octanol–water partition coefficient (Wildman–Crippen LogP) is -0.393. The van der Waals surface area contributed by atoms with Crippen LogP contribution in [0.4, 0.5) is 0 Å². The van der Waals surface area contributed by atoms with E-state index in [-0.39, 0.29) is 80.5 Å². The Labute approximate surface area is 197 Å². The van der Waals surface area contributed by atoms with E-state index in [9.17, 15) is 5.11 Å². The van der Waals surface area contributed by atoms with Crippen molar-refractivity contribution >= 4 is 0 Å². The molecule has 1 aromatic carbocycles. The second-order valence-electron chi connectivity index (χ2n) is 7.71. The molecule has 1 nitrogen and oxygen atoms in total. The van der Waals surface area contributed by atoms with Crippen molar-refractivity contribution in [1.29, 1.82) is 0 Å². The Hall–Kier alpha value is 0.674. The SMILES string of the molecule is Cc1cc(C(C)(C)C)c(O)c(C(C)(C)C)c1.[C-]1=CC=CC1.[I-].[I-].[Ti]. The molecule has 1 aromatic rings. The first-order valence-electron chi connectivity index (χ1n) is 7.60. The van der Waals surface area contributed by atoms with Gasteiger partial charge in [0.25, 0.3) is 0 Å². The van der Waals surface area contributed by atoms with Gasteiger partial charge in [-0.25, -0.2) is 12.2 Å². The maximum absolute atomic E-state index is 10.4. The smallest absolute Gasteiger partial charge is 0.123 e. The van der Waals surface area contributed by atoms with Crippen LogP contribution in [0.2, 0.25) is 0 Å². The third kappa shape index (κ3) is 9.39. The third-order valence-corrected chi connectivity index (χ3v) is 3.46. The maximum Gasteiger partial charge on any atom is 0.123 e. The fourth-order valence-corrected chi connectivity index (χ4v) is 2.26. The minimum Gasteiger partial charge on any atom is -1.00 e. The molecule has 0 fully saturated rings. The van der Waals surface area contributed by atoms with Crippen LogP contribution in [0.3, 0.4) is 0 Å². The number of aryl methyl sites for hydroxylation is 1. The number of allylic oxidation sites excluding steroid dienone is 4. The molecule has 0 spiro atoms. The van der Waals surface area contributed by atoms with E-state index in [0.29, 0.717) is 5.75 Å². The van der Waals surface area contributed by atoms with Gasteiger partial charge in [-0.05, 0) is 28.9 Å². The van der Waals surface area contributed by atoms with Crippen molar-refractivity contribution < 1.29 is 74.8 Å². The number of phenols is 1. The van der Waals surface area contributed by atoms with Gasteiger partial charge in [0, 0.05) is 21.7 Å². The van der Waals surface area contributed by atoms with Gasteiger partial charge < -0.3 is 53.1 Å². The maximum atomic E-state index is 10.4. The van der Waals surface area contributed by atoms with Gasteiger partial charge in [-0.2, -0.15) is 6.08 Å². The summed E-state index contributed by atoms with van der Waals surface area (Å²) < 4.78 is 0. The molecule has 0 heterocycles. The van der Waals surface area contributed by atoms with Crippen LogP contribution in [0.5, 0.6) is 5.75 Å². The molecule has 0 atom stereocenters. The summed E-state index contributed by atoms with van der Waals surface area (Å²) in [5.74, 6) is 0.464. The van der Waals surface area contributed by atoms with E-state index in [1.165, 1.54) is 5.56 Å². The Morgan fingerprint density at radius 1 is 0.917 bits per heavy atom. The largest absolute Gasteiger partial charge is 1.00 e. The van der Waals surface area contributed by atoms with Gasteiger partial charge in [-0.1, -0.05) is 59.2 Å². The molecule has 0 aliphatic heterocycles. The molecule has 0 amide bonds. The van der Waals surface area contributed by atoms with Gasteiger partial charge in [0.05, 0.1) is 0 Å². The van der Waals surface area contributed by atoms with Gasteiger partial charge in [0.2, 0.25) is 0 Å². The van der Waals surface area contributed by atoms with Crippen molar-refractivity contribution in [3.05, 3.63) is 53.1 Å². The predicted molar refractivity (Wildman–Crippen MR) is 91.8 cm³/mol. The zero-order valence-corrected chi connectivity index (χ0v) is 21.7. The Balaban J connectivity index is -0.000000475. The molecule has 0 radical (unpaired) electrons. The van der Waals surface area contributed by atoms with Crippen LogP contribution in [-0.4, -0.2) is 5.11 Å². The molecule has 1 aliphatic rings. The van der Waals surface area contributed by atoms with Crippen LogP contribution in [-0.2, 0) is 32.5 Å². The van der Waals surface area contributed by atoms with E-state index < -0.39 is 0 Å². The first-order chi connectivity index (χ1) is 9.53. The van der Waals surface area contributed by atoms with Crippen molar-refractivity contribution in [2.45, 2.75) is 65.7 Å². The number of benzene rings is 1. The zero-order chi connectivity index (χ0) is 16.3. The summed E-state index contributed by atoms with van der Waals surface area (Å²) in [6.07, 6.45) is 10.0. The van der Waals surface area contributed by atoms with Crippen LogP contribution < -0.4 is 48.0 Å². The van der Waals surface area contributed by atoms with Crippen LogP contribution in [0.25, 0.3) is 0 Å². The van der Waals surface area contributed by atoms with Crippen LogP contribution in [0.15, 0.2) is 30.4 Å². The second-order valence-corrected chi connectivity index (χ2v) is 7.71. The van der Waals surface area contributed by atoms with Gasteiger partial charge >= 0.3 is 0 Å². The number of hydrogen-bond donors (Lipinski definition) is 1. The average Bonchev–Trinajstić information content (AvgIpc) is 2.87. The summed E-state index contributed by atoms with van der Waals surface area (Å²) in [4.78, 5) is 0. The molecule has 0 aromatic heterocycles. The van der Waals surface area contributed by atoms with Gasteiger partial charge in [0.1, 0.15) is 5.75 Å². The molecule has 136 valence electrons. The van der Waals surface area contributed by atoms with Crippen LogP contribution in [0, 0.1) is 13.0 Å². The first-order valence-corrected chi connectivity index (χ1v) is 7.60. The Morgan fingerprint density at radius 3 is 1.54 bits per heavy atom. The zero-order valence-electron chi connectivity index (χ0n) is 15.8. The topological polar surface area (TPSA) is 20.2 Å². The molecule has 1 N–H and O–H groups in total. The summed E-state index contributed by atoms with van der Waals surface area (Å²) >= 11 is 0. The van der Waals surface area contributed by atoms with Crippen molar-refractivity contribution in [3.63, 3.8) is 0 Å². The van der Waals surface area contributed by atoms with E-state index in [1.807, 2.05) is 12.2 Å². The summed E-state index contributed by atoms with van der Waals surface area (Å²) in [7, 11) is 0. The van der Waals surface area contributed by atoms with E-state index in [4.69, 9.17) is 0 Å². The second kappa shape index (κ2) is 12.1. The van der Waals surface area contributed by atoms with E-state index >= 15 is 0 Å². The fourth-order valence-electron chi connectivity index (χ4n) is 2.26. The molecule has 0 saturated heterocycles. The quantitative estimate of drug-likeness (QED) is 0.250. The van der Waals surface area contributed by atoms with E-state index in [2.05, 4.69) is 72.8 Å². The molecule has 0 bridgehead atoms. The van der Waals surface area contributed by atoms with Crippen LogP contribution in [0.1, 0.15) is 64.7 Å². The van der Waals surface area contributed by atoms with Crippen molar-refractivity contribution in [2.75, 3.05) is 0 Å². The monoisotopic (exact) mass is 587 g/mol. The Bertz CT molecular complexity index is 505. The van der Waals surface area contributed by atoms with Gasteiger partial charge in [0.15, 0.2) is 0 Å². The Morgan fingerprint density at radius 2 is 1.33 bits per heavy atom. The van der Waals surface area contributed by atoms with Crippen LogP contribution >= 0.6 is 0 Å². The third-order valence-electron chi connectivity index (χ3n) is 3.46. The summed E-state index contributed by atoms with van der Waals surface area (Å²) in [6.45, 7) is 14.9. The molecule has 0 saturated carbocycles. The number of halogens is 2. The molecule has 24 heavy (non-hydrogen) atoms. The number of phenolic OH excluding ortho intramolecular Hbond substituents is 1. The summed E-state index contributed by atoms with van der Waals surface area (Å²) in [5.41, 5.74) is 3.26.